The number of methoxy groups -OCH3 is 1. The van der Waals surface area contributed by atoms with Crippen LogP contribution in [0.2, 0.25) is 0 Å². The molecule has 5 heteroatoms. The molecule has 2 aliphatic rings. The van der Waals surface area contributed by atoms with Gasteiger partial charge in [0.1, 0.15) is 5.76 Å². The highest BCUT2D eigenvalue weighted by Gasteiger charge is 2.13. The molecule has 0 bridgehead atoms. The second kappa shape index (κ2) is 6.13. The van der Waals surface area contributed by atoms with Gasteiger partial charge in [0.15, 0.2) is 0 Å². The minimum atomic E-state index is -0.904. The Labute approximate surface area is 111 Å². The van der Waals surface area contributed by atoms with E-state index in [1.807, 2.05) is 18.2 Å². The van der Waals surface area contributed by atoms with Crippen molar-refractivity contribution in [2.45, 2.75) is 24.9 Å². The van der Waals surface area contributed by atoms with Gasteiger partial charge in [0.05, 0.1) is 24.8 Å². The Morgan fingerprint density at radius 2 is 1.84 bits per heavy atom. The Morgan fingerprint density at radius 3 is 2.26 bits per heavy atom. The number of nitrogens with zero attached hydrogens (tertiary/aromatic N) is 2. The van der Waals surface area contributed by atoms with Crippen LogP contribution in [0, 0.1) is 0 Å². The van der Waals surface area contributed by atoms with Crippen molar-refractivity contribution in [1.82, 2.24) is 0 Å². The lowest BCUT2D eigenvalue weighted by Gasteiger charge is -2.13. The first-order valence-electron chi connectivity index (χ1n) is 6.13. The molecule has 5 nitrogen and oxygen atoms in total. The second-order valence-electron chi connectivity index (χ2n) is 4.33. The largest absolute Gasteiger partial charge is 0.497 e. The first-order chi connectivity index (χ1) is 9.19. The highest BCUT2D eigenvalue weighted by atomic mass is 16.5. The molecule has 0 fully saturated rings. The molecule has 0 saturated carbocycles. The topological polar surface area (TPSA) is 71.2 Å². The third kappa shape index (κ3) is 3.64. The molecule has 1 N–H and O–H groups in total. The number of hydrogen-bond donors (Lipinski definition) is 1. The van der Waals surface area contributed by atoms with Gasteiger partial charge in [-0.25, -0.2) is 4.79 Å². The maximum atomic E-state index is 10.7. The number of allylic oxidation sites excluding steroid dienone is 1. The molecular formula is C14H16N2O3. The molecule has 0 aromatic heterocycles. The van der Waals surface area contributed by atoms with E-state index < -0.39 is 5.97 Å². The van der Waals surface area contributed by atoms with Crippen molar-refractivity contribution in [2.75, 3.05) is 7.11 Å². The van der Waals surface area contributed by atoms with E-state index in [1.165, 1.54) is 0 Å². The van der Waals surface area contributed by atoms with Crippen LogP contribution in [0.3, 0.4) is 0 Å². The predicted molar refractivity (Wildman–Crippen MR) is 70.8 cm³/mol. The molecule has 2 atom stereocenters. The number of rotatable bonds is 4. The molecule has 0 aliphatic heterocycles. The first kappa shape index (κ1) is 13.3. The molecule has 0 spiro atoms. The van der Waals surface area contributed by atoms with E-state index in [-0.39, 0.29) is 12.1 Å². The molecule has 0 aromatic rings. The number of azo groups is 1. The summed E-state index contributed by atoms with van der Waals surface area (Å²) in [6, 6.07) is -0.0264. The molecule has 0 heterocycles. The van der Waals surface area contributed by atoms with Gasteiger partial charge in [0.2, 0.25) is 0 Å². The maximum Gasteiger partial charge on any atom is 0.335 e. The average molecular weight is 260 g/mol. The van der Waals surface area contributed by atoms with Crippen molar-refractivity contribution < 1.29 is 14.6 Å². The van der Waals surface area contributed by atoms with Crippen molar-refractivity contribution in [3.05, 3.63) is 47.8 Å². The molecule has 0 aromatic carbocycles. The summed E-state index contributed by atoms with van der Waals surface area (Å²) >= 11 is 0. The Hall–Kier alpha value is -2.17. The van der Waals surface area contributed by atoms with Gasteiger partial charge in [-0.15, -0.1) is 0 Å². The van der Waals surface area contributed by atoms with Gasteiger partial charge in [0, 0.05) is 0 Å². The van der Waals surface area contributed by atoms with Gasteiger partial charge in [-0.05, 0) is 31.1 Å². The number of carboxylic acids is 1. The van der Waals surface area contributed by atoms with E-state index in [0.29, 0.717) is 12.0 Å². The lowest BCUT2D eigenvalue weighted by molar-refractivity contribution is -0.132. The molecule has 100 valence electrons. The van der Waals surface area contributed by atoms with E-state index in [9.17, 15) is 4.79 Å². The quantitative estimate of drug-likeness (QED) is 0.790. The van der Waals surface area contributed by atoms with Crippen molar-refractivity contribution in [3.8, 4) is 0 Å². The molecule has 19 heavy (non-hydrogen) atoms. The van der Waals surface area contributed by atoms with E-state index in [1.54, 1.807) is 25.3 Å². The van der Waals surface area contributed by atoms with Crippen molar-refractivity contribution in [2.24, 2.45) is 10.2 Å². The van der Waals surface area contributed by atoms with Gasteiger partial charge in [0.25, 0.3) is 0 Å². The summed E-state index contributed by atoms with van der Waals surface area (Å²) in [7, 11) is 1.64. The lowest BCUT2D eigenvalue weighted by Crippen LogP contribution is -2.09. The summed E-state index contributed by atoms with van der Waals surface area (Å²) in [4.78, 5) is 10.7. The van der Waals surface area contributed by atoms with Crippen LogP contribution < -0.4 is 0 Å². The smallest absolute Gasteiger partial charge is 0.335 e. The van der Waals surface area contributed by atoms with Gasteiger partial charge < -0.3 is 9.84 Å². The zero-order valence-electron chi connectivity index (χ0n) is 10.7. The maximum absolute atomic E-state index is 10.7. The van der Waals surface area contributed by atoms with E-state index in [2.05, 4.69) is 10.2 Å². The Kier molecular flexibility index (Phi) is 4.28. The van der Waals surface area contributed by atoms with Crippen LogP contribution in [-0.2, 0) is 9.53 Å². The minimum absolute atomic E-state index is 0.0390. The number of carboxylic acid groups (broad SMARTS) is 1. The Bertz CT molecular complexity index is 501. The van der Waals surface area contributed by atoms with Crippen LogP contribution in [0.5, 0.6) is 0 Å². The van der Waals surface area contributed by atoms with Crippen LogP contribution in [0.4, 0.5) is 0 Å². The summed E-state index contributed by atoms with van der Waals surface area (Å²) in [6.07, 6.45) is 12.2. The normalized spacial score (nSPS) is 26.2. The Balaban J connectivity index is 1.86. The highest BCUT2D eigenvalue weighted by Crippen LogP contribution is 2.17. The zero-order chi connectivity index (χ0) is 13.7. The lowest BCUT2D eigenvalue weighted by atomic mass is 10.0. The van der Waals surface area contributed by atoms with Gasteiger partial charge in [-0.2, -0.15) is 10.2 Å². The summed E-state index contributed by atoms with van der Waals surface area (Å²) < 4.78 is 5.10. The van der Waals surface area contributed by atoms with Crippen LogP contribution in [0.15, 0.2) is 58.0 Å². The summed E-state index contributed by atoms with van der Waals surface area (Å²) in [5.74, 6) is -0.0582. The highest BCUT2D eigenvalue weighted by molar-refractivity contribution is 5.90. The Morgan fingerprint density at radius 1 is 1.21 bits per heavy atom. The number of carbonyl (C=O) groups is 1. The van der Waals surface area contributed by atoms with Crippen LogP contribution in [0.25, 0.3) is 0 Å². The fraction of sp³-hybridized carbons (Fsp3) is 0.357. The fourth-order valence-electron chi connectivity index (χ4n) is 1.85. The van der Waals surface area contributed by atoms with Crippen molar-refractivity contribution >= 4 is 5.97 Å². The van der Waals surface area contributed by atoms with Crippen molar-refractivity contribution in [1.29, 1.82) is 0 Å². The zero-order valence-corrected chi connectivity index (χ0v) is 10.7. The monoisotopic (exact) mass is 260 g/mol. The fourth-order valence-corrected chi connectivity index (χ4v) is 1.85. The minimum Gasteiger partial charge on any atom is -0.497 e. The second-order valence-corrected chi connectivity index (χ2v) is 4.33. The van der Waals surface area contributed by atoms with Gasteiger partial charge >= 0.3 is 5.97 Å². The molecule has 0 radical (unpaired) electrons. The SMILES string of the molecule is COC1=CCC(N=NC2C=CC(C(=O)O)=CC2)C=C1. The number of hydrogen-bond acceptors (Lipinski definition) is 4. The summed E-state index contributed by atoms with van der Waals surface area (Å²) in [6.45, 7) is 0. The van der Waals surface area contributed by atoms with Gasteiger partial charge in [-0.1, -0.05) is 18.2 Å². The molecule has 2 aliphatic carbocycles. The molecule has 2 unspecified atom stereocenters. The van der Waals surface area contributed by atoms with Gasteiger partial charge in [-0.3, -0.25) is 0 Å². The van der Waals surface area contributed by atoms with E-state index in [4.69, 9.17) is 9.84 Å². The molecule has 0 saturated heterocycles. The van der Waals surface area contributed by atoms with Crippen molar-refractivity contribution in [3.63, 3.8) is 0 Å². The first-order valence-corrected chi connectivity index (χ1v) is 6.13. The van der Waals surface area contributed by atoms with Crippen LogP contribution >= 0.6 is 0 Å². The molecular weight excluding hydrogens is 244 g/mol. The standard InChI is InChI=1S/C14H16N2O3/c1-19-13-8-6-12(7-9-13)16-15-11-4-2-10(3-5-11)14(17)18/h2-4,6,8-9,11-12H,5,7H2,1H3,(H,17,18). The predicted octanol–water partition coefficient (Wildman–Crippen LogP) is 2.64. The summed E-state index contributed by atoms with van der Waals surface area (Å²) in [5.41, 5.74) is 0.316. The van der Waals surface area contributed by atoms with E-state index >= 15 is 0 Å². The third-order valence-corrected chi connectivity index (χ3v) is 2.97. The molecule has 0 amide bonds. The van der Waals surface area contributed by atoms with Crippen LogP contribution in [-0.4, -0.2) is 30.3 Å². The summed E-state index contributed by atoms with van der Waals surface area (Å²) in [5, 5.41) is 17.3. The average Bonchev–Trinajstić information content (AvgIpc) is 2.46. The van der Waals surface area contributed by atoms with E-state index in [0.717, 1.165) is 12.2 Å². The number of ether oxygens (including phenoxy) is 1. The number of aliphatic carboxylic acids is 1. The molecule has 2 rings (SSSR count). The van der Waals surface area contributed by atoms with Crippen LogP contribution in [0.1, 0.15) is 12.8 Å². The third-order valence-electron chi connectivity index (χ3n) is 2.97.